The molecule has 0 saturated heterocycles. The molecule has 3 rings (SSSR count). The maximum atomic E-state index is 3.67. The van der Waals surface area contributed by atoms with Gasteiger partial charge < -0.3 is 5.32 Å². The summed E-state index contributed by atoms with van der Waals surface area (Å²) in [4.78, 5) is 0. The number of hydrogen-bond acceptors (Lipinski definition) is 1. The Bertz CT molecular complexity index is 435. The molecule has 1 heteroatoms. The van der Waals surface area contributed by atoms with Gasteiger partial charge in [0.1, 0.15) is 0 Å². The Kier molecular flexibility index (Phi) is 3.51. The number of benzene rings is 1. The molecule has 3 unspecified atom stereocenters. The predicted octanol–water partition coefficient (Wildman–Crippen LogP) is 3.55. The van der Waals surface area contributed by atoms with Crippen LogP contribution in [0.1, 0.15) is 30.9 Å². The summed E-state index contributed by atoms with van der Waals surface area (Å²) in [6, 6.07) is 8.79. The van der Waals surface area contributed by atoms with Crippen LogP contribution in [0.4, 0.5) is 0 Å². The largest absolute Gasteiger partial charge is 0.312 e. The van der Waals surface area contributed by atoms with Crippen molar-refractivity contribution in [3.8, 4) is 0 Å². The van der Waals surface area contributed by atoms with Crippen molar-refractivity contribution < 1.29 is 0 Å². The van der Waals surface area contributed by atoms with Crippen molar-refractivity contribution in [3.05, 3.63) is 47.5 Å². The van der Waals surface area contributed by atoms with Gasteiger partial charge in [0.15, 0.2) is 0 Å². The first-order valence-electron chi connectivity index (χ1n) is 7.32. The molecule has 2 aliphatic rings. The maximum Gasteiger partial charge on any atom is 0.0208 e. The zero-order valence-corrected chi connectivity index (χ0v) is 11.2. The van der Waals surface area contributed by atoms with Crippen LogP contribution in [-0.4, -0.2) is 6.54 Å². The fraction of sp³-hybridized carbons (Fsp3) is 0.529. The van der Waals surface area contributed by atoms with E-state index in [4.69, 9.17) is 0 Å². The lowest BCUT2D eigenvalue weighted by Gasteiger charge is -2.19. The third kappa shape index (κ3) is 2.37. The monoisotopic (exact) mass is 241 g/mol. The van der Waals surface area contributed by atoms with E-state index in [0.29, 0.717) is 0 Å². The fourth-order valence-electron chi connectivity index (χ4n) is 3.60. The Morgan fingerprint density at radius 2 is 1.94 bits per heavy atom. The summed E-state index contributed by atoms with van der Waals surface area (Å²) in [5, 5.41) is 3.67. The van der Waals surface area contributed by atoms with Crippen LogP contribution in [0.15, 0.2) is 36.4 Å². The summed E-state index contributed by atoms with van der Waals surface area (Å²) < 4.78 is 0. The van der Waals surface area contributed by atoms with Crippen LogP contribution in [0, 0.1) is 17.8 Å². The molecule has 0 aromatic heterocycles. The molecule has 0 aliphatic heterocycles. The predicted molar refractivity (Wildman–Crippen MR) is 76.4 cm³/mol. The Labute approximate surface area is 110 Å². The van der Waals surface area contributed by atoms with Gasteiger partial charge >= 0.3 is 0 Å². The van der Waals surface area contributed by atoms with Crippen LogP contribution < -0.4 is 5.32 Å². The third-order valence-corrected chi connectivity index (χ3v) is 4.64. The fourth-order valence-corrected chi connectivity index (χ4v) is 3.60. The molecule has 1 nitrogen and oxygen atoms in total. The molecular formula is C17H23N. The summed E-state index contributed by atoms with van der Waals surface area (Å²) in [6.07, 6.45) is 8.82. The highest BCUT2D eigenvalue weighted by atomic mass is 14.9. The van der Waals surface area contributed by atoms with Crippen LogP contribution in [0.3, 0.4) is 0 Å². The maximum absolute atomic E-state index is 3.67. The lowest BCUT2D eigenvalue weighted by Crippen LogP contribution is -2.25. The molecule has 3 atom stereocenters. The van der Waals surface area contributed by atoms with E-state index in [1.54, 1.807) is 0 Å². The normalized spacial score (nSPS) is 29.1. The van der Waals surface area contributed by atoms with Crippen molar-refractivity contribution in [1.29, 1.82) is 0 Å². The van der Waals surface area contributed by atoms with E-state index in [2.05, 4.69) is 48.7 Å². The molecule has 0 heterocycles. The molecule has 0 spiro atoms. The first kappa shape index (κ1) is 12.0. The van der Waals surface area contributed by atoms with Gasteiger partial charge in [0, 0.05) is 6.54 Å². The van der Waals surface area contributed by atoms with Gasteiger partial charge in [-0.25, -0.2) is 0 Å². The van der Waals surface area contributed by atoms with Gasteiger partial charge in [-0.1, -0.05) is 43.3 Å². The summed E-state index contributed by atoms with van der Waals surface area (Å²) in [5.74, 6) is 2.64. The second kappa shape index (κ2) is 5.27. The van der Waals surface area contributed by atoms with E-state index in [1.807, 2.05) is 0 Å². The first-order valence-corrected chi connectivity index (χ1v) is 7.32. The van der Waals surface area contributed by atoms with Crippen molar-refractivity contribution in [2.45, 2.75) is 32.7 Å². The lowest BCUT2D eigenvalue weighted by molar-refractivity contribution is 0.414. The second-order valence-corrected chi connectivity index (χ2v) is 5.79. The van der Waals surface area contributed by atoms with E-state index in [1.165, 1.54) is 30.5 Å². The van der Waals surface area contributed by atoms with Crippen molar-refractivity contribution in [2.75, 3.05) is 6.54 Å². The number of nitrogens with one attached hydrogen (secondary N) is 1. The molecule has 1 N–H and O–H groups in total. The molecule has 1 aromatic carbocycles. The lowest BCUT2D eigenvalue weighted by atomic mass is 9.93. The molecule has 96 valence electrons. The number of fused-ring (bicyclic) bond motifs is 2. The standard InChI is InChI=1S/C17H23N/c1-2-14-5-3-4-6-16(14)11-18-12-17-10-13-7-8-15(17)9-13/h3-8,13,15,17-18H,2,9-12H2,1H3. The average molecular weight is 241 g/mol. The minimum Gasteiger partial charge on any atom is -0.312 e. The van der Waals surface area contributed by atoms with E-state index < -0.39 is 0 Å². The first-order chi connectivity index (χ1) is 8.86. The highest BCUT2D eigenvalue weighted by Crippen LogP contribution is 2.42. The zero-order chi connectivity index (χ0) is 12.4. The van der Waals surface area contributed by atoms with Crippen molar-refractivity contribution >= 4 is 0 Å². The molecule has 0 radical (unpaired) electrons. The molecule has 2 aliphatic carbocycles. The number of aryl methyl sites for hydroxylation is 1. The van der Waals surface area contributed by atoms with Crippen LogP contribution in [0.2, 0.25) is 0 Å². The molecule has 1 saturated carbocycles. The van der Waals surface area contributed by atoms with E-state index in [9.17, 15) is 0 Å². The molecule has 1 aromatic rings. The van der Waals surface area contributed by atoms with Crippen LogP contribution in [0.25, 0.3) is 0 Å². The minimum atomic E-state index is 0.865. The van der Waals surface area contributed by atoms with Crippen molar-refractivity contribution in [1.82, 2.24) is 5.32 Å². The van der Waals surface area contributed by atoms with E-state index in [0.717, 1.165) is 30.7 Å². The summed E-state index contributed by atoms with van der Waals surface area (Å²) >= 11 is 0. The van der Waals surface area contributed by atoms with Crippen LogP contribution in [0.5, 0.6) is 0 Å². The SMILES string of the molecule is CCc1ccccc1CNCC1CC2C=CC1C2. The van der Waals surface area contributed by atoms with Gasteiger partial charge in [-0.15, -0.1) is 0 Å². The van der Waals surface area contributed by atoms with Gasteiger partial charge in [0.2, 0.25) is 0 Å². The highest BCUT2D eigenvalue weighted by molar-refractivity contribution is 5.26. The molecular weight excluding hydrogens is 218 g/mol. The Balaban J connectivity index is 1.51. The summed E-state index contributed by atoms with van der Waals surface area (Å²) in [7, 11) is 0. The zero-order valence-electron chi connectivity index (χ0n) is 11.2. The Morgan fingerprint density at radius 1 is 1.11 bits per heavy atom. The average Bonchev–Trinajstić information content (AvgIpc) is 3.02. The van der Waals surface area contributed by atoms with Crippen molar-refractivity contribution in [3.63, 3.8) is 0 Å². The molecule has 18 heavy (non-hydrogen) atoms. The Morgan fingerprint density at radius 3 is 2.61 bits per heavy atom. The summed E-state index contributed by atoms with van der Waals surface area (Å²) in [5.41, 5.74) is 2.96. The second-order valence-electron chi connectivity index (χ2n) is 5.79. The summed E-state index contributed by atoms with van der Waals surface area (Å²) in [6.45, 7) is 4.45. The number of allylic oxidation sites excluding steroid dienone is 2. The smallest absolute Gasteiger partial charge is 0.0208 e. The van der Waals surface area contributed by atoms with Crippen LogP contribution in [-0.2, 0) is 13.0 Å². The Hall–Kier alpha value is -1.08. The molecule has 0 amide bonds. The highest BCUT2D eigenvalue weighted by Gasteiger charge is 2.34. The number of hydrogen-bond donors (Lipinski definition) is 1. The van der Waals surface area contributed by atoms with Gasteiger partial charge in [0.25, 0.3) is 0 Å². The van der Waals surface area contributed by atoms with E-state index >= 15 is 0 Å². The van der Waals surface area contributed by atoms with Gasteiger partial charge in [0.05, 0.1) is 0 Å². The molecule has 1 fully saturated rings. The topological polar surface area (TPSA) is 12.0 Å². The van der Waals surface area contributed by atoms with E-state index in [-0.39, 0.29) is 0 Å². The quantitative estimate of drug-likeness (QED) is 0.777. The number of rotatable bonds is 5. The van der Waals surface area contributed by atoms with Gasteiger partial charge in [-0.3, -0.25) is 0 Å². The van der Waals surface area contributed by atoms with Gasteiger partial charge in [-0.2, -0.15) is 0 Å². The minimum absolute atomic E-state index is 0.865. The van der Waals surface area contributed by atoms with Gasteiger partial charge in [-0.05, 0) is 54.7 Å². The van der Waals surface area contributed by atoms with Crippen LogP contribution >= 0.6 is 0 Å². The van der Waals surface area contributed by atoms with Crippen molar-refractivity contribution in [2.24, 2.45) is 17.8 Å². The third-order valence-electron chi connectivity index (χ3n) is 4.64. The molecule has 2 bridgehead atoms.